The molecular weight excluding hydrogens is 230 g/mol. The Balaban J connectivity index is 1.95. The largest absolute Gasteiger partial charge is 0.347 e. The molecule has 1 spiro atoms. The Labute approximate surface area is 113 Å². The number of rotatable bonds is 0. The van der Waals surface area contributed by atoms with E-state index in [1.54, 1.807) is 11.3 Å². The van der Waals surface area contributed by atoms with E-state index in [1.165, 1.54) is 36.6 Å². The lowest BCUT2D eigenvalue weighted by Crippen LogP contribution is -2.43. The fraction of sp³-hybridized carbons (Fsp3) is 0.444. The van der Waals surface area contributed by atoms with E-state index in [2.05, 4.69) is 48.0 Å². The van der Waals surface area contributed by atoms with Crippen molar-refractivity contribution in [1.82, 2.24) is 4.57 Å². The highest BCUT2D eigenvalue weighted by Gasteiger charge is 2.53. The first kappa shape index (κ1) is 10.3. The van der Waals surface area contributed by atoms with Crippen molar-refractivity contribution in [2.45, 2.75) is 37.0 Å². The van der Waals surface area contributed by atoms with E-state index in [0.29, 0.717) is 11.3 Å². The molecule has 0 saturated heterocycles. The fourth-order valence-electron chi connectivity index (χ4n) is 5.05. The molecule has 0 unspecified atom stereocenters. The molecule has 0 N–H and O–H groups in total. The van der Waals surface area contributed by atoms with Gasteiger partial charge in [0.05, 0.1) is 0 Å². The van der Waals surface area contributed by atoms with Crippen molar-refractivity contribution in [2.75, 3.05) is 0 Å². The third-order valence-electron chi connectivity index (χ3n) is 6.04. The van der Waals surface area contributed by atoms with Crippen LogP contribution in [0.1, 0.15) is 42.9 Å². The molecule has 1 aromatic heterocycles. The monoisotopic (exact) mass is 249 g/mol. The summed E-state index contributed by atoms with van der Waals surface area (Å²) in [7, 11) is 2.26. The number of para-hydroxylation sites is 1. The van der Waals surface area contributed by atoms with Crippen molar-refractivity contribution in [1.29, 1.82) is 0 Å². The summed E-state index contributed by atoms with van der Waals surface area (Å²) < 4.78 is 2.47. The van der Waals surface area contributed by atoms with Gasteiger partial charge in [-0.3, -0.25) is 0 Å². The predicted octanol–water partition coefficient (Wildman–Crippen LogP) is 4.27. The normalized spacial score (nSPS) is 29.7. The highest BCUT2D eigenvalue weighted by atomic mass is 15.0. The van der Waals surface area contributed by atoms with Crippen molar-refractivity contribution in [3.8, 4) is 0 Å². The van der Waals surface area contributed by atoms with Crippen molar-refractivity contribution in [2.24, 2.45) is 13.0 Å². The molecule has 1 aromatic carbocycles. The third kappa shape index (κ3) is 1.01. The second-order valence-corrected chi connectivity index (χ2v) is 6.68. The van der Waals surface area contributed by atoms with Gasteiger partial charge in [0.25, 0.3) is 0 Å². The first-order valence-electron chi connectivity index (χ1n) is 7.57. The standard InChI is InChI=1S/C18H19N/c1-19-15-6-3-2-5-14(15)16-17(19)12-7-8-13(11-12)18(16)9-4-10-18/h2-3,5-8,12-13H,4,9-11H2,1H3/t12-,13+/m0/s1. The number of aromatic nitrogens is 1. The first-order valence-corrected chi connectivity index (χ1v) is 7.57. The number of benzene rings is 1. The van der Waals surface area contributed by atoms with E-state index < -0.39 is 0 Å². The molecule has 1 heteroatoms. The van der Waals surface area contributed by atoms with E-state index in [9.17, 15) is 0 Å². The molecule has 1 nitrogen and oxygen atoms in total. The molecule has 0 amide bonds. The van der Waals surface area contributed by atoms with Gasteiger partial charge >= 0.3 is 0 Å². The van der Waals surface area contributed by atoms with Gasteiger partial charge in [-0.2, -0.15) is 0 Å². The van der Waals surface area contributed by atoms with E-state index >= 15 is 0 Å². The zero-order chi connectivity index (χ0) is 12.6. The van der Waals surface area contributed by atoms with Crippen molar-refractivity contribution in [3.63, 3.8) is 0 Å². The van der Waals surface area contributed by atoms with Crippen LogP contribution in [0.4, 0.5) is 0 Å². The van der Waals surface area contributed by atoms with Crippen LogP contribution in [0.5, 0.6) is 0 Å². The molecule has 2 aromatic rings. The highest BCUT2D eigenvalue weighted by Crippen LogP contribution is 2.62. The Kier molecular flexibility index (Phi) is 1.71. The minimum absolute atomic E-state index is 0.486. The van der Waals surface area contributed by atoms with Gasteiger partial charge in [0, 0.05) is 35.0 Å². The Bertz CT molecular complexity index is 715. The van der Waals surface area contributed by atoms with Crippen LogP contribution in [0.3, 0.4) is 0 Å². The summed E-state index contributed by atoms with van der Waals surface area (Å²) in [6.45, 7) is 0. The number of fused-ring (bicyclic) bond motifs is 8. The minimum Gasteiger partial charge on any atom is -0.347 e. The number of hydrogen-bond donors (Lipinski definition) is 0. The molecule has 1 heterocycles. The molecule has 2 atom stereocenters. The molecule has 5 rings (SSSR count). The fourth-order valence-corrected chi connectivity index (χ4v) is 5.05. The Hall–Kier alpha value is -1.50. The average molecular weight is 249 g/mol. The summed E-state index contributed by atoms with van der Waals surface area (Å²) in [6, 6.07) is 9.02. The summed E-state index contributed by atoms with van der Waals surface area (Å²) >= 11 is 0. The molecular formula is C18H19N. The van der Waals surface area contributed by atoms with Crippen LogP contribution in [-0.2, 0) is 12.5 Å². The topological polar surface area (TPSA) is 4.93 Å². The molecule has 2 bridgehead atoms. The van der Waals surface area contributed by atoms with Crippen LogP contribution >= 0.6 is 0 Å². The maximum absolute atomic E-state index is 2.53. The second-order valence-electron chi connectivity index (χ2n) is 6.68. The maximum Gasteiger partial charge on any atom is 0.0483 e. The van der Waals surface area contributed by atoms with Crippen molar-refractivity contribution >= 4 is 10.9 Å². The van der Waals surface area contributed by atoms with Gasteiger partial charge in [0.1, 0.15) is 0 Å². The van der Waals surface area contributed by atoms with Gasteiger partial charge in [0.15, 0.2) is 0 Å². The van der Waals surface area contributed by atoms with Crippen LogP contribution in [0.2, 0.25) is 0 Å². The van der Waals surface area contributed by atoms with Crippen LogP contribution in [0, 0.1) is 5.92 Å². The summed E-state index contributed by atoms with van der Waals surface area (Å²) in [5.74, 6) is 1.48. The highest BCUT2D eigenvalue weighted by molar-refractivity contribution is 5.88. The van der Waals surface area contributed by atoms with Crippen LogP contribution < -0.4 is 0 Å². The van der Waals surface area contributed by atoms with E-state index in [4.69, 9.17) is 0 Å². The molecule has 3 aliphatic rings. The molecule has 0 radical (unpaired) electrons. The van der Waals surface area contributed by atoms with Crippen molar-refractivity contribution in [3.05, 3.63) is 47.7 Å². The van der Waals surface area contributed by atoms with E-state index in [0.717, 1.165) is 5.92 Å². The maximum atomic E-state index is 2.53. The zero-order valence-electron chi connectivity index (χ0n) is 11.4. The molecule has 3 aliphatic carbocycles. The predicted molar refractivity (Wildman–Crippen MR) is 78.4 cm³/mol. The first-order chi connectivity index (χ1) is 9.31. The van der Waals surface area contributed by atoms with Crippen LogP contribution in [-0.4, -0.2) is 4.57 Å². The van der Waals surface area contributed by atoms with Crippen molar-refractivity contribution < 1.29 is 0 Å². The Morgan fingerprint density at radius 2 is 2.00 bits per heavy atom. The second kappa shape index (κ2) is 3.15. The quantitative estimate of drug-likeness (QED) is 0.614. The summed E-state index contributed by atoms with van der Waals surface area (Å²) in [5.41, 5.74) is 5.24. The Morgan fingerprint density at radius 1 is 1.16 bits per heavy atom. The van der Waals surface area contributed by atoms with Gasteiger partial charge in [-0.25, -0.2) is 0 Å². The molecule has 1 saturated carbocycles. The smallest absolute Gasteiger partial charge is 0.0483 e. The lowest BCUT2D eigenvalue weighted by atomic mass is 9.54. The number of allylic oxidation sites excluding steroid dienone is 2. The van der Waals surface area contributed by atoms with Gasteiger partial charge in [0.2, 0.25) is 0 Å². The number of nitrogens with zero attached hydrogens (tertiary/aromatic N) is 1. The number of hydrogen-bond acceptors (Lipinski definition) is 0. The average Bonchev–Trinajstić information content (AvgIpc) is 2.92. The lowest BCUT2D eigenvalue weighted by Gasteiger charge is -2.50. The van der Waals surface area contributed by atoms with Gasteiger partial charge in [-0.15, -0.1) is 0 Å². The SMILES string of the molecule is Cn1c2c(c3ccccc31)C1(CCC1)[C@@H]1C=C[C@H]2C1. The lowest BCUT2D eigenvalue weighted by molar-refractivity contribution is 0.160. The third-order valence-corrected chi connectivity index (χ3v) is 6.04. The van der Waals surface area contributed by atoms with Gasteiger partial charge in [-0.05, 0) is 36.8 Å². The van der Waals surface area contributed by atoms with E-state index in [1.807, 2.05) is 0 Å². The summed E-state index contributed by atoms with van der Waals surface area (Å²) in [5, 5.41) is 1.53. The van der Waals surface area contributed by atoms with Crippen LogP contribution in [0.15, 0.2) is 36.4 Å². The van der Waals surface area contributed by atoms with Gasteiger partial charge < -0.3 is 4.57 Å². The van der Waals surface area contributed by atoms with Crippen LogP contribution in [0.25, 0.3) is 10.9 Å². The molecule has 96 valence electrons. The summed E-state index contributed by atoms with van der Waals surface area (Å²) in [4.78, 5) is 0. The molecule has 0 aliphatic heterocycles. The summed E-state index contributed by atoms with van der Waals surface area (Å²) in [6.07, 6.45) is 10.6. The minimum atomic E-state index is 0.486. The number of aryl methyl sites for hydroxylation is 1. The zero-order valence-corrected chi connectivity index (χ0v) is 11.4. The van der Waals surface area contributed by atoms with E-state index in [-0.39, 0.29) is 0 Å². The Morgan fingerprint density at radius 3 is 2.79 bits per heavy atom. The van der Waals surface area contributed by atoms with Gasteiger partial charge in [-0.1, -0.05) is 36.8 Å². The molecule has 1 fully saturated rings. The molecule has 19 heavy (non-hydrogen) atoms.